The fourth-order valence-electron chi connectivity index (χ4n) is 2.05. The molecule has 1 fully saturated rings. The normalized spacial score (nSPS) is 23.6. The zero-order valence-corrected chi connectivity index (χ0v) is 10.8. The highest BCUT2D eigenvalue weighted by atomic mass is 35.5. The highest BCUT2D eigenvalue weighted by Gasteiger charge is 2.25. The van der Waals surface area contributed by atoms with E-state index in [1.54, 1.807) is 12.1 Å². The zero-order valence-electron chi connectivity index (χ0n) is 9.33. The number of alkyl halides is 1. The molecule has 0 bridgehead atoms. The van der Waals surface area contributed by atoms with Crippen molar-refractivity contribution in [1.82, 2.24) is 10.3 Å². The van der Waals surface area contributed by atoms with Crippen LogP contribution in [0.4, 0.5) is 0 Å². The van der Waals surface area contributed by atoms with Crippen LogP contribution in [0.5, 0.6) is 0 Å². The van der Waals surface area contributed by atoms with Crippen molar-refractivity contribution in [2.24, 2.45) is 5.92 Å². The summed E-state index contributed by atoms with van der Waals surface area (Å²) in [6.45, 7) is 0.622. The van der Waals surface area contributed by atoms with E-state index in [1.165, 1.54) is 6.20 Å². The van der Waals surface area contributed by atoms with Crippen LogP contribution in [0, 0.1) is 5.92 Å². The third-order valence-corrected chi connectivity index (χ3v) is 3.85. The molecule has 1 aromatic rings. The molecule has 1 aliphatic rings. The first-order valence-corrected chi connectivity index (χ1v) is 6.52. The molecule has 0 spiro atoms. The summed E-state index contributed by atoms with van der Waals surface area (Å²) in [5.41, 5.74) is 0.388. The smallest absolute Gasteiger partial charge is 0.269 e. The van der Waals surface area contributed by atoms with Crippen molar-refractivity contribution in [2.75, 3.05) is 6.54 Å². The number of aromatic nitrogens is 1. The van der Waals surface area contributed by atoms with Gasteiger partial charge >= 0.3 is 0 Å². The first kappa shape index (κ1) is 12.7. The largest absolute Gasteiger partial charge is 0.350 e. The summed E-state index contributed by atoms with van der Waals surface area (Å²) >= 11 is 11.8. The van der Waals surface area contributed by atoms with Gasteiger partial charge in [-0.3, -0.25) is 4.79 Å². The molecule has 1 heterocycles. The molecule has 2 rings (SSSR count). The molecule has 1 aromatic heterocycles. The maximum atomic E-state index is 11.8. The van der Waals surface area contributed by atoms with Crippen LogP contribution in [0.2, 0.25) is 5.02 Å². The molecule has 1 aliphatic carbocycles. The SMILES string of the molecule is O=C(NCC1CCCC1Cl)c1ccc(Cl)cn1. The summed E-state index contributed by atoms with van der Waals surface area (Å²) in [6, 6.07) is 3.27. The first-order chi connectivity index (χ1) is 8.16. The van der Waals surface area contributed by atoms with Gasteiger partial charge in [-0.2, -0.15) is 0 Å². The van der Waals surface area contributed by atoms with Gasteiger partial charge in [0.2, 0.25) is 0 Å². The van der Waals surface area contributed by atoms with Crippen LogP contribution in [0.3, 0.4) is 0 Å². The molecule has 2 atom stereocenters. The molecule has 0 radical (unpaired) electrons. The minimum atomic E-state index is -0.169. The molecule has 17 heavy (non-hydrogen) atoms. The van der Waals surface area contributed by atoms with Crippen LogP contribution in [-0.4, -0.2) is 22.8 Å². The van der Waals surface area contributed by atoms with E-state index in [-0.39, 0.29) is 11.3 Å². The monoisotopic (exact) mass is 272 g/mol. The van der Waals surface area contributed by atoms with Crippen LogP contribution in [0.15, 0.2) is 18.3 Å². The molecule has 0 aromatic carbocycles. The fraction of sp³-hybridized carbons (Fsp3) is 0.500. The molecule has 2 unspecified atom stereocenters. The maximum absolute atomic E-state index is 11.8. The van der Waals surface area contributed by atoms with Gasteiger partial charge in [0.1, 0.15) is 5.69 Å². The Kier molecular flexibility index (Phi) is 4.24. The number of rotatable bonds is 3. The van der Waals surface area contributed by atoms with Gasteiger partial charge in [-0.25, -0.2) is 4.98 Å². The van der Waals surface area contributed by atoms with Gasteiger partial charge in [-0.1, -0.05) is 18.0 Å². The van der Waals surface area contributed by atoms with E-state index in [0.29, 0.717) is 23.2 Å². The number of halogens is 2. The van der Waals surface area contributed by atoms with E-state index in [1.807, 2.05) is 0 Å². The van der Waals surface area contributed by atoms with Gasteiger partial charge in [-0.15, -0.1) is 11.6 Å². The molecule has 92 valence electrons. The van der Waals surface area contributed by atoms with Crippen molar-refractivity contribution in [2.45, 2.75) is 24.6 Å². The van der Waals surface area contributed by atoms with Crippen LogP contribution < -0.4 is 5.32 Å². The van der Waals surface area contributed by atoms with E-state index >= 15 is 0 Å². The van der Waals surface area contributed by atoms with Crippen molar-refractivity contribution < 1.29 is 4.79 Å². The van der Waals surface area contributed by atoms with Crippen LogP contribution in [0.25, 0.3) is 0 Å². The second-order valence-electron chi connectivity index (χ2n) is 4.28. The number of carbonyl (C=O) groups is 1. The molecule has 1 amide bonds. The van der Waals surface area contributed by atoms with Crippen molar-refractivity contribution in [3.8, 4) is 0 Å². The standard InChI is InChI=1S/C12H14Cl2N2O/c13-9-4-5-11(15-7-9)12(17)16-6-8-2-1-3-10(8)14/h4-5,7-8,10H,1-3,6H2,(H,16,17). The van der Waals surface area contributed by atoms with E-state index in [9.17, 15) is 4.79 Å². The van der Waals surface area contributed by atoms with E-state index in [0.717, 1.165) is 19.3 Å². The number of nitrogens with zero attached hydrogens (tertiary/aromatic N) is 1. The average Bonchev–Trinajstić information content (AvgIpc) is 2.73. The minimum absolute atomic E-state index is 0.169. The van der Waals surface area contributed by atoms with Gasteiger partial charge in [-0.05, 0) is 30.9 Å². The Hall–Kier alpha value is -0.800. The van der Waals surface area contributed by atoms with Crippen molar-refractivity contribution in [3.63, 3.8) is 0 Å². The predicted molar refractivity (Wildman–Crippen MR) is 68.6 cm³/mol. The number of hydrogen-bond acceptors (Lipinski definition) is 2. The molecular weight excluding hydrogens is 259 g/mol. The summed E-state index contributed by atoms with van der Waals surface area (Å²) in [4.78, 5) is 15.7. The Labute approximate surface area is 111 Å². The molecule has 0 aliphatic heterocycles. The Morgan fingerprint density at radius 3 is 2.88 bits per heavy atom. The summed E-state index contributed by atoms with van der Waals surface area (Å²) in [6.07, 6.45) is 4.74. The Bertz CT molecular complexity index is 394. The Morgan fingerprint density at radius 1 is 1.47 bits per heavy atom. The third-order valence-electron chi connectivity index (χ3n) is 3.05. The fourth-order valence-corrected chi connectivity index (χ4v) is 2.53. The highest BCUT2D eigenvalue weighted by molar-refractivity contribution is 6.30. The molecule has 1 N–H and O–H groups in total. The minimum Gasteiger partial charge on any atom is -0.350 e. The van der Waals surface area contributed by atoms with Gasteiger partial charge in [0.25, 0.3) is 5.91 Å². The van der Waals surface area contributed by atoms with Crippen molar-refractivity contribution in [3.05, 3.63) is 29.0 Å². The third kappa shape index (κ3) is 3.33. The van der Waals surface area contributed by atoms with Gasteiger partial charge in [0.05, 0.1) is 5.02 Å². The number of pyridine rings is 1. The Balaban J connectivity index is 1.87. The van der Waals surface area contributed by atoms with Gasteiger partial charge in [0, 0.05) is 18.1 Å². The lowest BCUT2D eigenvalue weighted by molar-refractivity contribution is 0.0942. The second-order valence-corrected chi connectivity index (χ2v) is 5.28. The maximum Gasteiger partial charge on any atom is 0.269 e. The second kappa shape index (κ2) is 5.69. The molecule has 1 saturated carbocycles. The zero-order chi connectivity index (χ0) is 12.3. The van der Waals surface area contributed by atoms with Crippen molar-refractivity contribution in [1.29, 1.82) is 0 Å². The molecule has 0 saturated heterocycles. The van der Waals surface area contributed by atoms with Gasteiger partial charge in [0.15, 0.2) is 0 Å². The summed E-state index contributed by atoms with van der Waals surface area (Å²) in [5, 5.41) is 3.58. The van der Waals surface area contributed by atoms with Crippen LogP contribution in [0.1, 0.15) is 29.8 Å². The van der Waals surface area contributed by atoms with E-state index in [2.05, 4.69) is 10.3 Å². The summed E-state index contributed by atoms with van der Waals surface area (Å²) < 4.78 is 0. The number of hydrogen-bond donors (Lipinski definition) is 1. The molecular formula is C12H14Cl2N2O. The number of carbonyl (C=O) groups excluding carboxylic acids is 1. The lowest BCUT2D eigenvalue weighted by Crippen LogP contribution is -2.31. The quantitative estimate of drug-likeness (QED) is 0.860. The lowest BCUT2D eigenvalue weighted by atomic mass is 10.1. The first-order valence-electron chi connectivity index (χ1n) is 5.70. The van der Waals surface area contributed by atoms with Gasteiger partial charge < -0.3 is 5.32 Å². The van der Waals surface area contributed by atoms with E-state index in [4.69, 9.17) is 23.2 Å². The Morgan fingerprint density at radius 2 is 2.29 bits per heavy atom. The van der Waals surface area contributed by atoms with Crippen LogP contribution in [-0.2, 0) is 0 Å². The van der Waals surface area contributed by atoms with Crippen LogP contribution >= 0.6 is 23.2 Å². The number of nitrogens with one attached hydrogen (secondary N) is 1. The predicted octanol–water partition coefficient (Wildman–Crippen LogP) is 2.87. The summed E-state index contributed by atoms with van der Waals surface area (Å²) in [5.74, 6) is 0.213. The topological polar surface area (TPSA) is 42.0 Å². The van der Waals surface area contributed by atoms with E-state index < -0.39 is 0 Å². The molecule has 3 nitrogen and oxygen atoms in total. The highest BCUT2D eigenvalue weighted by Crippen LogP contribution is 2.29. The lowest BCUT2D eigenvalue weighted by Gasteiger charge is -2.14. The average molecular weight is 273 g/mol. The number of amides is 1. The van der Waals surface area contributed by atoms with Crippen molar-refractivity contribution >= 4 is 29.1 Å². The molecule has 5 heteroatoms. The summed E-state index contributed by atoms with van der Waals surface area (Å²) in [7, 11) is 0.